The second-order valence-electron chi connectivity index (χ2n) is 3.87. The third-order valence-electron chi connectivity index (χ3n) is 2.12. The zero-order valence-corrected chi connectivity index (χ0v) is 9.10. The molecule has 1 rings (SSSR count). The van der Waals surface area contributed by atoms with Gasteiger partial charge in [-0.05, 0) is 6.07 Å². The first-order valence-corrected chi connectivity index (χ1v) is 4.97. The Morgan fingerprint density at radius 2 is 1.69 bits per heavy atom. The van der Waals surface area contributed by atoms with Crippen molar-refractivity contribution in [1.82, 2.24) is 5.32 Å². The van der Waals surface area contributed by atoms with Gasteiger partial charge in [-0.2, -0.15) is 0 Å². The fraction of sp³-hybridized carbons (Fsp3) is 0.455. The summed E-state index contributed by atoms with van der Waals surface area (Å²) in [5, 5.41) is 12.4. The number of rotatable bonds is 4. The maximum Gasteiger partial charge on any atom is 0.161 e. The molecule has 0 aliphatic rings. The zero-order valence-electron chi connectivity index (χ0n) is 9.10. The summed E-state index contributed by atoms with van der Waals surface area (Å²) in [5.41, 5.74) is -0.243. The van der Waals surface area contributed by atoms with Gasteiger partial charge in [-0.25, -0.2) is 13.2 Å². The predicted octanol–water partition coefficient (Wildman–Crippen LogP) is 2.14. The lowest BCUT2D eigenvalue weighted by Crippen LogP contribution is -2.28. The fourth-order valence-corrected chi connectivity index (χ4v) is 1.25. The minimum Gasteiger partial charge on any atom is -0.387 e. The quantitative estimate of drug-likeness (QED) is 0.781. The Bertz CT molecular complexity index is 368. The third kappa shape index (κ3) is 3.21. The Labute approximate surface area is 92.1 Å². The van der Waals surface area contributed by atoms with Gasteiger partial charge in [0.2, 0.25) is 0 Å². The lowest BCUT2D eigenvalue weighted by Gasteiger charge is -2.15. The van der Waals surface area contributed by atoms with Crippen molar-refractivity contribution in [3.8, 4) is 0 Å². The molecule has 5 heteroatoms. The van der Waals surface area contributed by atoms with Crippen molar-refractivity contribution in [1.29, 1.82) is 0 Å². The third-order valence-corrected chi connectivity index (χ3v) is 2.12. The van der Waals surface area contributed by atoms with Crippen LogP contribution in [-0.2, 0) is 0 Å². The Morgan fingerprint density at radius 3 is 2.25 bits per heavy atom. The molecule has 2 N–H and O–H groups in total. The number of hydrogen-bond acceptors (Lipinski definition) is 2. The lowest BCUT2D eigenvalue weighted by molar-refractivity contribution is 0.166. The summed E-state index contributed by atoms with van der Waals surface area (Å²) in [6.45, 7) is 3.79. The molecule has 0 aromatic heterocycles. The van der Waals surface area contributed by atoms with Crippen LogP contribution < -0.4 is 5.32 Å². The standard InChI is InChI=1S/C11H14F3NO/c1-6(2)15-5-11(16)7-3-9(13)10(14)4-8(7)12/h3-4,6,11,15-16H,5H2,1-2H3. The molecule has 16 heavy (non-hydrogen) atoms. The molecule has 0 aliphatic carbocycles. The Morgan fingerprint density at radius 1 is 1.12 bits per heavy atom. The predicted molar refractivity (Wildman–Crippen MR) is 54.4 cm³/mol. The Balaban J connectivity index is 2.82. The minimum atomic E-state index is -1.26. The first kappa shape index (κ1) is 13.0. The summed E-state index contributed by atoms with van der Waals surface area (Å²) in [4.78, 5) is 0. The second-order valence-corrected chi connectivity index (χ2v) is 3.87. The van der Waals surface area contributed by atoms with E-state index in [2.05, 4.69) is 5.32 Å². The average Bonchev–Trinajstić information content (AvgIpc) is 2.20. The second kappa shape index (κ2) is 5.32. The van der Waals surface area contributed by atoms with Crippen molar-refractivity contribution < 1.29 is 18.3 Å². The van der Waals surface area contributed by atoms with Crippen LogP contribution in [0.3, 0.4) is 0 Å². The summed E-state index contributed by atoms with van der Waals surface area (Å²) in [5.74, 6) is -3.37. The number of halogens is 3. The fourth-order valence-electron chi connectivity index (χ4n) is 1.25. The number of benzene rings is 1. The van der Waals surface area contributed by atoms with Crippen LogP contribution in [0, 0.1) is 17.5 Å². The summed E-state index contributed by atoms with van der Waals surface area (Å²) in [6.07, 6.45) is -1.20. The molecule has 0 aliphatic heterocycles. The molecule has 0 saturated heterocycles. The average molecular weight is 233 g/mol. The number of hydrogen-bond donors (Lipinski definition) is 2. The van der Waals surface area contributed by atoms with Gasteiger partial charge >= 0.3 is 0 Å². The van der Waals surface area contributed by atoms with E-state index in [1.807, 2.05) is 13.8 Å². The van der Waals surface area contributed by atoms with Crippen molar-refractivity contribution >= 4 is 0 Å². The van der Waals surface area contributed by atoms with E-state index < -0.39 is 23.6 Å². The Hall–Kier alpha value is -1.07. The number of aliphatic hydroxyl groups excluding tert-OH is 1. The van der Waals surface area contributed by atoms with Crippen LogP contribution in [0.5, 0.6) is 0 Å². The maximum absolute atomic E-state index is 13.2. The summed E-state index contributed by atoms with van der Waals surface area (Å²) >= 11 is 0. The Kier molecular flexibility index (Phi) is 4.32. The zero-order chi connectivity index (χ0) is 12.3. The van der Waals surface area contributed by atoms with Crippen LogP contribution >= 0.6 is 0 Å². The molecule has 1 unspecified atom stereocenters. The molecule has 90 valence electrons. The molecule has 0 heterocycles. The highest BCUT2D eigenvalue weighted by Crippen LogP contribution is 2.20. The van der Waals surface area contributed by atoms with Crippen molar-refractivity contribution in [2.75, 3.05) is 6.54 Å². The van der Waals surface area contributed by atoms with Gasteiger partial charge < -0.3 is 10.4 Å². The van der Waals surface area contributed by atoms with Gasteiger partial charge in [0.1, 0.15) is 5.82 Å². The summed E-state index contributed by atoms with van der Waals surface area (Å²) in [7, 11) is 0. The van der Waals surface area contributed by atoms with Crippen LogP contribution in [0.4, 0.5) is 13.2 Å². The molecule has 0 amide bonds. The van der Waals surface area contributed by atoms with E-state index in [1.165, 1.54) is 0 Å². The van der Waals surface area contributed by atoms with Gasteiger partial charge in [-0.1, -0.05) is 13.8 Å². The van der Waals surface area contributed by atoms with Gasteiger partial charge in [0.05, 0.1) is 6.10 Å². The van der Waals surface area contributed by atoms with Gasteiger partial charge in [-0.3, -0.25) is 0 Å². The van der Waals surface area contributed by atoms with E-state index in [0.29, 0.717) is 12.1 Å². The minimum absolute atomic E-state index is 0.0830. The van der Waals surface area contributed by atoms with Crippen molar-refractivity contribution in [3.05, 3.63) is 35.1 Å². The molecule has 1 atom stereocenters. The molecule has 0 fully saturated rings. The van der Waals surface area contributed by atoms with Crippen LogP contribution in [0.15, 0.2) is 12.1 Å². The van der Waals surface area contributed by atoms with E-state index >= 15 is 0 Å². The monoisotopic (exact) mass is 233 g/mol. The molecule has 2 nitrogen and oxygen atoms in total. The van der Waals surface area contributed by atoms with Crippen LogP contribution in [-0.4, -0.2) is 17.7 Å². The van der Waals surface area contributed by atoms with Crippen LogP contribution in [0.1, 0.15) is 25.5 Å². The van der Waals surface area contributed by atoms with E-state index in [4.69, 9.17) is 0 Å². The highest BCUT2D eigenvalue weighted by molar-refractivity contribution is 5.22. The van der Waals surface area contributed by atoms with Crippen LogP contribution in [0.2, 0.25) is 0 Å². The first-order chi connectivity index (χ1) is 7.41. The summed E-state index contributed by atoms with van der Waals surface area (Å²) in [6, 6.07) is 1.23. The normalized spacial score (nSPS) is 13.2. The van der Waals surface area contributed by atoms with Crippen molar-refractivity contribution in [3.63, 3.8) is 0 Å². The first-order valence-electron chi connectivity index (χ1n) is 4.97. The molecular weight excluding hydrogens is 219 g/mol. The van der Waals surface area contributed by atoms with Gasteiger partial charge in [-0.15, -0.1) is 0 Å². The molecule has 0 saturated carbocycles. The van der Waals surface area contributed by atoms with E-state index in [0.717, 1.165) is 0 Å². The lowest BCUT2D eigenvalue weighted by atomic mass is 10.1. The molecule has 1 aromatic carbocycles. The van der Waals surface area contributed by atoms with E-state index in [9.17, 15) is 18.3 Å². The maximum atomic E-state index is 13.2. The van der Waals surface area contributed by atoms with Gasteiger partial charge in [0, 0.05) is 24.2 Å². The molecular formula is C11H14F3NO. The SMILES string of the molecule is CC(C)NCC(O)c1cc(F)c(F)cc1F. The smallest absolute Gasteiger partial charge is 0.161 e. The van der Waals surface area contributed by atoms with Crippen molar-refractivity contribution in [2.24, 2.45) is 0 Å². The summed E-state index contributed by atoms with van der Waals surface area (Å²) < 4.78 is 38.7. The molecule has 0 radical (unpaired) electrons. The highest BCUT2D eigenvalue weighted by atomic mass is 19.2. The largest absolute Gasteiger partial charge is 0.387 e. The number of aliphatic hydroxyl groups is 1. The van der Waals surface area contributed by atoms with Gasteiger partial charge in [0.15, 0.2) is 11.6 Å². The molecule has 0 spiro atoms. The highest BCUT2D eigenvalue weighted by Gasteiger charge is 2.16. The molecule has 0 bridgehead atoms. The van der Waals surface area contributed by atoms with E-state index in [-0.39, 0.29) is 18.2 Å². The van der Waals surface area contributed by atoms with Crippen molar-refractivity contribution in [2.45, 2.75) is 26.0 Å². The number of nitrogens with one attached hydrogen (secondary N) is 1. The topological polar surface area (TPSA) is 32.3 Å². The van der Waals surface area contributed by atoms with E-state index in [1.54, 1.807) is 0 Å². The van der Waals surface area contributed by atoms with Crippen LogP contribution in [0.25, 0.3) is 0 Å². The van der Waals surface area contributed by atoms with Gasteiger partial charge in [0.25, 0.3) is 0 Å². The molecule has 1 aromatic rings.